The number of nitrogens with one attached hydrogen (secondary N) is 1. The molecule has 1 aliphatic carbocycles. The summed E-state index contributed by atoms with van der Waals surface area (Å²) in [5.74, 6) is -1.28. The number of carboxylic acid groups (broad SMARTS) is 1. The van der Waals surface area contributed by atoms with Crippen LogP contribution in [0.4, 0.5) is 0 Å². The summed E-state index contributed by atoms with van der Waals surface area (Å²) in [5, 5.41) is 12.6. The van der Waals surface area contributed by atoms with Gasteiger partial charge < -0.3 is 10.4 Å². The van der Waals surface area contributed by atoms with Gasteiger partial charge in [0, 0.05) is 17.1 Å². The lowest BCUT2D eigenvalue weighted by Crippen LogP contribution is -2.46. The molecule has 0 bridgehead atoms. The van der Waals surface area contributed by atoms with Gasteiger partial charge in [-0.3, -0.25) is 14.6 Å². The first-order valence-corrected chi connectivity index (χ1v) is 6.94. The average molecular weight is 284 g/mol. The number of hydrogen-bond donors (Lipinski definition) is 2. The molecule has 1 saturated carbocycles. The van der Waals surface area contributed by atoms with Crippen molar-refractivity contribution in [3.8, 4) is 0 Å². The molecule has 5 nitrogen and oxygen atoms in total. The number of nitrogens with zero attached hydrogens (tertiary/aromatic N) is 1. The molecule has 5 heteroatoms. The molecule has 2 aromatic rings. The fraction of sp³-hybridized carbons (Fsp3) is 0.312. The second-order valence-corrected chi connectivity index (χ2v) is 5.51. The summed E-state index contributed by atoms with van der Waals surface area (Å²) in [6, 6.07) is 9.23. The van der Waals surface area contributed by atoms with Crippen LogP contribution in [-0.2, 0) is 4.79 Å². The molecule has 1 aromatic carbocycles. The zero-order valence-corrected chi connectivity index (χ0v) is 11.7. The van der Waals surface area contributed by atoms with Gasteiger partial charge in [-0.1, -0.05) is 18.2 Å². The van der Waals surface area contributed by atoms with Crippen LogP contribution in [0.25, 0.3) is 10.9 Å². The van der Waals surface area contributed by atoms with Gasteiger partial charge in [0.05, 0.1) is 17.0 Å². The number of pyridine rings is 1. The van der Waals surface area contributed by atoms with Crippen LogP contribution < -0.4 is 5.32 Å². The first-order chi connectivity index (χ1) is 10.0. The average Bonchev–Trinajstić information content (AvgIpc) is 2.40. The van der Waals surface area contributed by atoms with Gasteiger partial charge >= 0.3 is 5.97 Å². The number of carboxylic acids is 1. The number of para-hydroxylation sites is 1. The van der Waals surface area contributed by atoms with E-state index in [0.29, 0.717) is 18.4 Å². The molecule has 1 aliphatic rings. The lowest BCUT2D eigenvalue weighted by atomic mass is 9.80. The van der Waals surface area contributed by atoms with Crippen LogP contribution >= 0.6 is 0 Å². The summed E-state index contributed by atoms with van der Waals surface area (Å²) >= 11 is 0. The summed E-state index contributed by atoms with van der Waals surface area (Å²) in [6.07, 6.45) is 1.01. The van der Waals surface area contributed by atoms with Gasteiger partial charge in [-0.05, 0) is 31.9 Å². The van der Waals surface area contributed by atoms with Crippen molar-refractivity contribution >= 4 is 22.8 Å². The molecular formula is C16H16N2O3. The normalized spacial score (nSPS) is 20.8. The largest absolute Gasteiger partial charge is 0.481 e. The number of hydrogen-bond acceptors (Lipinski definition) is 3. The van der Waals surface area contributed by atoms with E-state index in [9.17, 15) is 9.59 Å². The van der Waals surface area contributed by atoms with Crippen molar-refractivity contribution in [2.45, 2.75) is 25.8 Å². The highest BCUT2D eigenvalue weighted by Crippen LogP contribution is 2.28. The Labute approximate surface area is 122 Å². The SMILES string of the molecule is Cc1cc(C(=O)NC2CC(C(=O)O)C2)c2ccccc2n1. The monoisotopic (exact) mass is 284 g/mol. The number of amides is 1. The fourth-order valence-corrected chi connectivity index (χ4v) is 2.70. The highest BCUT2D eigenvalue weighted by atomic mass is 16.4. The molecule has 0 saturated heterocycles. The molecule has 0 radical (unpaired) electrons. The molecule has 0 unspecified atom stereocenters. The third-order valence-corrected chi connectivity index (χ3v) is 3.91. The highest BCUT2D eigenvalue weighted by molar-refractivity contribution is 6.06. The molecule has 1 aromatic heterocycles. The fourth-order valence-electron chi connectivity index (χ4n) is 2.70. The van der Waals surface area contributed by atoms with Crippen molar-refractivity contribution in [2.24, 2.45) is 5.92 Å². The molecular weight excluding hydrogens is 268 g/mol. The minimum absolute atomic E-state index is 0.0502. The second-order valence-electron chi connectivity index (χ2n) is 5.51. The zero-order valence-electron chi connectivity index (χ0n) is 11.7. The Morgan fingerprint density at radius 3 is 2.71 bits per heavy atom. The lowest BCUT2D eigenvalue weighted by molar-refractivity contribution is -0.145. The van der Waals surface area contributed by atoms with Crippen LogP contribution in [0, 0.1) is 12.8 Å². The number of aryl methyl sites for hydroxylation is 1. The van der Waals surface area contributed by atoms with Crippen molar-refractivity contribution in [2.75, 3.05) is 0 Å². The molecule has 1 heterocycles. The van der Waals surface area contributed by atoms with Gasteiger partial charge in [-0.2, -0.15) is 0 Å². The van der Waals surface area contributed by atoms with E-state index in [0.717, 1.165) is 16.6 Å². The van der Waals surface area contributed by atoms with Gasteiger partial charge in [0.1, 0.15) is 0 Å². The topological polar surface area (TPSA) is 79.3 Å². The Balaban J connectivity index is 1.81. The number of fused-ring (bicyclic) bond motifs is 1. The third-order valence-electron chi connectivity index (χ3n) is 3.91. The Bertz CT molecular complexity index is 721. The molecule has 1 amide bonds. The minimum atomic E-state index is -0.786. The summed E-state index contributed by atoms with van der Waals surface area (Å²) in [5.41, 5.74) is 2.17. The van der Waals surface area contributed by atoms with Crippen LogP contribution in [0.3, 0.4) is 0 Å². The minimum Gasteiger partial charge on any atom is -0.481 e. The first kappa shape index (κ1) is 13.5. The predicted molar refractivity (Wildman–Crippen MR) is 78.1 cm³/mol. The maximum absolute atomic E-state index is 12.4. The summed E-state index contributed by atoms with van der Waals surface area (Å²) < 4.78 is 0. The number of benzene rings is 1. The molecule has 0 atom stereocenters. The lowest BCUT2D eigenvalue weighted by Gasteiger charge is -2.32. The zero-order chi connectivity index (χ0) is 15.0. The van der Waals surface area contributed by atoms with Crippen molar-refractivity contribution in [3.05, 3.63) is 41.6 Å². The molecule has 108 valence electrons. The van der Waals surface area contributed by atoms with Crippen LogP contribution in [0.15, 0.2) is 30.3 Å². The van der Waals surface area contributed by atoms with E-state index in [1.54, 1.807) is 6.07 Å². The van der Waals surface area contributed by atoms with Crippen LogP contribution in [0.2, 0.25) is 0 Å². The van der Waals surface area contributed by atoms with E-state index >= 15 is 0 Å². The van der Waals surface area contributed by atoms with Crippen molar-refractivity contribution < 1.29 is 14.7 Å². The number of aliphatic carboxylic acids is 1. The molecule has 1 fully saturated rings. The van der Waals surface area contributed by atoms with E-state index in [1.165, 1.54) is 0 Å². The van der Waals surface area contributed by atoms with Crippen LogP contribution in [0.5, 0.6) is 0 Å². The standard InChI is InChI=1S/C16H16N2O3/c1-9-6-13(12-4-2-3-5-14(12)17-9)15(19)18-11-7-10(8-11)16(20)21/h2-6,10-11H,7-8H2,1H3,(H,18,19)(H,20,21). The van der Waals surface area contributed by atoms with E-state index in [1.807, 2.05) is 31.2 Å². The van der Waals surface area contributed by atoms with Gasteiger partial charge in [0.2, 0.25) is 0 Å². The van der Waals surface area contributed by atoms with Gasteiger partial charge in [-0.25, -0.2) is 0 Å². The first-order valence-electron chi connectivity index (χ1n) is 6.94. The van der Waals surface area contributed by atoms with Gasteiger partial charge in [0.15, 0.2) is 0 Å². The predicted octanol–water partition coefficient (Wildman–Crippen LogP) is 2.14. The highest BCUT2D eigenvalue weighted by Gasteiger charge is 2.35. The van der Waals surface area contributed by atoms with E-state index in [2.05, 4.69) is 10.3 Å². The Morgan fingerprint density at radius 1 is 1.29 bits per heavy atom. The van der Waals surface area contributed by atoms with Crippen molar-refractivity contribution in [3.63, 3.8) is 0 Å². The summed E-state index contributed by atoms with van der Waals surface area (Å²) in [6.45, 7) is 1.85. The number of carbonyl (C=O) groups excluding carboxylic acids is 1. The smallest absolute Gasteiger partial charge is 0.306 e. The van der Waals surface area contributed by atoms with Crippen LogP contribution in [-0.4, -0.2) is 28.0 Å². The molecule has 2 N–H and O–H groups in total. The molecule has 0 spiro atoms. The molecule has 0 aliphatic heterocycles. The van der Waals surface area contributed by atoms with Gasteiger partial charge in [-0.15, -0.1) is 0 Å². The van der Waals surface area contributed by atoms with E-state index in [4.69, 9.17) is 5.11 Å². The third kappa shape index (κ3) is 2.59. The Hall–Kier alpha value is -2.43. The molecule has 3 rings (SSSR count). The second kappa shape index (κ2) is 5.16. The summed E-state index contributed by atoms with van der Waals surface area (Å²) in [7, 11) is 0. The Kier molecular flexibility index (Phi) is 3.33. The number of aromatic nitrogens is 1. The molecule has 21 heavy (non-hydrogen) atoms. The van der Waals surface area contributed by atoms with Gasteiger partial charge in [0.25, 0.3) is 5.91 Å². The number of carbonyl (C=O) groups is 2. The van der Waals surface area contributed by atoms with Crippen molar-refractivity contribution in [1.29, 1.82) is 0 Å². The maximum Gasteiger partial charge on any atom is 0.306 e. The van der Waals surface area contributed by atoms with Crippen LogP contribution in [0.1, 0.15) is 28.9 Å². The Morgan fingerprint density at radius 2 is 2.00 bits per heavy atom. The quantitative estimate of drug-likeness (QED) is 0.905. The van der Waals surface area contributed by atoms with E-state index in [-0.39, 0.29) is 17.9 Å². The maximum atomic E-state index is 12.4. The van der Waals surface area contributed by atoms with E-state index < -0.39 is 5.97 Å². The number of rotatable bonds is 3. The summed E-state index contributed by atoms with van der Waals surface area (Å²) in [4.78, 5) is 27.6. The van der Waals surface area contributed by atoms with Crippen molar-refractivity contribution in [1.82, 2.24) is 10.3 Å².